The van der Waals surface area contributed by atoms with E-state index in [1.54, 1.807) is 13.8 Å². The fourth-order valence-electron chi connectivity index (χ4n) is 2.24. The molecule has 0 aliphatic rings. The number of ketones is 1. The van der Waals surface area contributed by atoms with Gasteiger partial charge in [0.25, 0.3) is 0 Å². The van der Waals surface area contributed by atoms with Gasteiger partial charge in [-0.15, -0.1) is 0 Å². The molecule has 0 aromatic rings. The van der Waals surface area contributed by atoms with E-state index >= 15 is 0 Å². The molecule has 0 aliphatic heterocycles. The molecule has 0 aromatic carbocycles. The van der Waals surface area contributed by atoms with E-state index in [1.165, 1.54) is 0 Å². The van der Waals surface area contributed by atoms with Crippen molar-refractivity contribution in [1.29, 1.82) is 0 Å². The Morgan fingerprint density at radius 3 is 2.00 bits per heavy atom. The van der Waals surface area contributed by atoms with Gasteiger partial charge < -0.3 is 36.0 Å². The highest BCUT2D eigenvalue weighted by Gasteiger charge is 2.32. The number of carbonyl (C=O) groups is 4. The molecule has 0 saturated carbocycles. The smallest absolute Gasteiger partial charge is 0.326 e. The SMILES string of the molecule is CC(C)C(NCC(=O)C(O)C(O)C(O)CO)C(=O)NC(CCC(=O)O)C(=O)O. The predicted octanol–water partition coefficient (Wildman–Crippen LogP) is -3.32. The fraction of sp³-hybridized carbons (Fsp3) is 0.750. The van der Waals surface area contributed by atoms with E-state index in [1.807, 2.05) is 0 Å². The number of nitrogens with one attached hydrogen (secondary N) is 2. The predicted molar refractivity (Wildman–Crippen MR) is 93.2 cm³/mol. The number of rotatable bonds is 14. The molecule has 0 aromatic heterocycles. The monoisotopic (exact) mass is 408 g/mol. The molecule has 0 spiro atoms. The van der Waals surface area contributed by atoms with Gasteiger partial charge in [-0.1, -0.05) is 13.8 Å². The van der Waals surface area contributed by atoms with E-state index in [4.69, 9.17) is 15.3 Å². The number of hydrogen-bond donors (Lipinski definition) is 8. The Morgan fingerprint density at radius 2 is 1.57 bits per heavy atom. The van der Waals surface area contributed by atoms with Crippen LogP contribution >= 0.6 is 0 Å². The normalized spacial score (nSPS) is 16.7. The molecule has 0 bridgehead atoms. The Kier molecular flexibility index (Phi) is 11.4. The Bertz CT molecular complexity index is 554. The average molecular weight is 408 g/mol. The average Bonchev–Trinajstić information content (AvgIpc) is 2.62. The Morgan fingerprint density at radius 1 is 1.00 bits per heavy atom. The van der Waals surface area contributed by atoms with Gasteiger partial charge >= 0.3 is 11.9 Å². The highest BCUT2D eigenvalue weighted by molar-refractivity contribution is 5.89. The molecule has 0 fully saturated rings. The summed E-state index contributed by atoms with van der Waals surface area (Å²) in [5, 5.41) is 59.6. The van der Waals surface area contributed by atoms with Gasteiger partial charge in [-0.25, -0.2) is 4.79 Å². The van der Waals surface area contributed by atoms with Crippen molar-refractivity contribution in [2.24, 2.45) is 5.92 Å². The van der Waals surface area contributed by atoms with Crippen molar-refractivity contribution in [2.75, 3.05) is 13.2 Å². The lowest BCUT2D eigenvalue weighted by atomic mass is 10.0. The molecule has 0 aliphatic carbocycles. The summed E-state index contributed by atoms with van der Waals surface area (Å²) in [4.78, 5) is 46.0. The molecule has 12 heteroatoms. The van der Waals surface area contributed by atoms with Crippen molar-refractivity contribution in [3.63, 3.8) is 0 Å². The lowest BCUT2D eigenvalue weighted by molar-refractivity contribution is -0.144. The van der Waals surface area contributed by atoms with E-state index in [0.717, 1.165) is 0 Å². The third kappa shape index (κ3) is 8.71. The molecule has 0 saturated heterocycles. The number of aliphatic hydroxyl groups excluding tert-OH is 4. The molecule has 5 unspecified atom stereocenters. The fourth-order valence-corrected chi connectivity index (χ4v) is 2.24. The first kappa shape index (κ1) is 25.9. The maximum Gasteiger partial charge on any atom is 0.326 e. The zero-order chi connectivity index (χ0) is 22.0. The van der Waals surface area contributed by atoms with Crippen molar-refractivity contribution < 1.29 is 49.8 Å². The quantitative estimate of drug-likeness (QED) is 0.142. The summed E-state index contributed by atoms with van der Waals surface area (Å²) in [7, 11) is 0. The molecule has 28 heavy (non-hydrogen) atoms. The molecule has 1 amide bonds. The highest BCUT2D eigenvalue weighted by atomic mass is 16.4. The lowest BCUT2D eigenvalue weighted by Crippen LogP contribution is -2.54. The molecule has 12 nitrogen and oxygen atoms in total. The Labute approximate surface area is 161 Å². The van der Waals surface area contributed by atoms with Gasteiger partial charge in [0.15, 0.2) is 5.78 Å². The van der Waals surface area contributed by atoms with Gasteiger partial charge in [-0.05, 0) is 12.3 Å². The zero-order valence-corrected chi connectivity index (χ0v) is 15.6. The standard InChI is InChI=1S/C16H28N2O10/c1-7(2)12(15(26)18-8(16(27)28)3-4-11(22)23)17-5-9(20)13(24)14(25)10(21)6-19/h7-8,10,12-14,17,19,21,24-25H,3-6H2,1-2H3,(H,18,26)(H,22,23)(H,27,28). The second kappa shape index (κ2) is 12.4. The second-order valence-corrected chi connectivity index (χ2v) is 6.59. The van der Waals surface area contributed by atoms with Crippen molar-refractivity contribution in [3.05, 3.63) is 0 Å². The molecule has 5 atom stereocenters. The number of carboxylic acids is 2. The first-order valence-corrected chi connectivity index (χ1v) is 8.58. The topological polar surface area (TPSA) is 214 Å². The van der Waals surface area contributed by atoms with Crippen LogP contribution in [0.25, 0.3) is 0 Å². The zero-order valence-electron chi connectivity index (χ0n) is 15.6. The largest absolute Gasteiger partial charge is 0.481 e. The Hall–Kier alpha value is -2.12. The summed E-state index contributed by atoms with van der Waals surface area (Å²) >= 11 is 0. The minimum absolute atomic E-state index is 0.329. The molecular formula is C16H28N2O10. The van der Waals surface area contributed by atoms with Crippen LogP contribution in [0.4, 0.5) is 0 Å². The number of hydrogen-bond acceptors (Lipinski definition) is 9. The number of Topliss-reactive ketones (excluding diaryl/α,β-unsaturated/α-hetero) is 1. The van der Waals surface area contributed by atoms with Crippen LogP contribution in [0.2, 0.25) is 0 Å². The van der Waals surface area contributed by atoms with E-state index in [2.05, 4.69) is 10.6 Å². The number of aliphatic hydroxyl groups is 4. The Balaban J connectivity index is 4.92. The third-order valence-electron chi connectivity index (χ3n) is 3.94. The van der Waals surface area contributed by atoms with Crippen LogP contribution in [0.1, 0.15) is 26.7 Å². The van der Waals surface area contributed by atoms with Crippen molar-refractivity contribution >= 4 is 23.6 Å². The van der Waals surface area contributed by atoms with E-state index in [0.29, 0.717) is 0 Å². The summed E-state index contributed by atoms with van der Waals surface area (Å²) in [6.07, 6.45) is -6.45. The maximum absolute atomic E-state index is 12.3. The van der Waals surface area contributed by atoms with Crippen LogP contribution in [0.3, 0.4) is 0 Å². The van der Waals surface area contributed by atoms with Gasteiger partial charge in [-0.2, -0.15) is 0 Å². The summed E-state index contributed by atoms with van der Waals surface area (Å²) in [6.45, 7) is 1.76. The van der Waals surface area contributed by atoms with Crippen LogP contribution in [0.5, 0.6) is 0 Å². The van der Waals surface area contributed by atoms with Crippen LogP contribution in [0, 0.1) is 5.92 Å². The summed E-state index contributed by atoms with van der Waals surface area (Å²) in [6, 6.07) is -2.49. The minimum atomic E-state index is -2.01. The maximum atomic E-state index is 12.3. The summed E-state index contributed by atoms with van der Waals surface area (Å²) < 4.78 is 0. The number of aliphatic carboxylic acids is 2. The number of carboxylic acid groups (broad SMARTS) is 2. The van der Waals surface area contributed by atoms with Crippen molar-refractivity contribution in [1.82, 2.24) is 10.6 Å². The lowest BCUT2D eigenvalue weighted by Gasteiger charge is -2.25. The van der Waals surface area contributed by atoms with Crippen molar-refractivity contribution in [2.45, 2.75) is 57.1 Å². The first-order valence-electron chi connectivity index (χ1n) is 8.58. The van der Waals surface area contributed by atoms with Crippen LogP contribution in [-0.2, 0) is 19.2 Å². The molecule has 0 radical (unpaired) electrons. The van der Waals surface area contributed by atoms with Gasteiger partial charge in [0.2, 0.25) is 5.91 Å². The number of amides is 1. The summed E-state index contributed by atoms with van der Waals surface area (Å²) in [5.74, 6) is -4.79. The van der Waals surface area contributed by atoms with Gasteiger partial charge in [0, 0.05) is 6.42 Å². The van der Waals surface area contributed by atoms with Gasteiger partial charge in [-0.3, -0.25) is 19.7 Å². The molecular weight excluding hydrogens is 380 g/mol. The van der Waals surface area contributed by atoms with E-state index < -0.39 is 79.5 Å². The van der Waals surface area contributed by atoms with E-state index in [-0.39, 0.29) is 6.42 Å². The van der Waals surface area contributed by atoms with Crippen LogP contribution < -0.4 is 10.6 Å². The molecule has 0 heterocycles. The van der Waals surface area contributed by atoms with Gasteiger partial charge in [0.05, 0.1) is 19.2 Å². The second-order valence-electron chi connectivity index (χ2n) is 6.59. The molecule has 162 valence electrons. The minimum Gasteiger partial charge on any atom is -0.481 e. The highest BCUT2D eigenvalue weighted by Crippen LogP contribution is 2.06. The van der Waals surface area contributed by atoms with Crippen molar-refractivity contribution in [3.8, 4) is 0 Å². The van der Waals surface area contributed by atoms with Crippen LogP contribution in [-0.4, -0.2) is 97.8 Å². The summed E-state index contributed by atoms with van der Waals surface area (Å²) in [5.41, 5.74) is 0. The van der Waals surface area contributed by atoms with Gasteiger partial charge in [0.1, 0.15) is 24.4 Å². The van der Waals surface area contributed by atoms with Crippen LogP contribution in [0.15, 0.2) is 0 Å². The van der Waals surface area contributed by atoms with E-state index in [9.17, 15) is 34.5 Å². The third-order valence-corrected chi connectivity index (χ3v) is 3.94. The number of carbonyl (C=O) groups excluding carboxylic acids is 2. The molecule has 0 rings (SSSR count). The molecule has 8 N–H and O–H groups in total. The first-order chi connectivity index (χ1) is 12.9.